The molecule has 4 nitrogen and oxygen atoms in total. The molecule has 0 radical (unpaired) electrons. The van der Waals surface area contributed by atoms with E-state index in [1.807, 2.05) is 36.4 Å². The summed E-state index contributed by atoms with van der Waals surface area (Å²) in [5.74, 6) is 1.99. The van der Waals surface area contributed by atoms with E-state index in [0.717, 1.165) is 52.6 Å². The molecule has 182 valence electrons. The lowest BCUT2D eigenvalue weighted by atomic mass is 9.49. The van der Waals surface area contributed by atoms with Gasteiger partial charge in [-0.3, -0.25) is 0 Å². The summed E-state index contributed by atoms with van der Waals surface area (Å²) < 4.78 is 17.7. The summed E-state index contributed by atoms with van der Waals surface area (Å²) in [6, 6.07) is 28.9. The molecule has 0 atom stereocenters. The second-order valence-corrected chi connectivity index (χ2v) is 9.60. The van der Waals surface area contributed by atoms with Crippen molar-refractivity contribution in [2.45, 2.75) is 30.3 Å². The van der Waals surface area contributed by atoms with Crippen LogP contribution in [0, 0.1) is 0 Å². The van der Waals surface area contributed by atoms with Crippen LogP contribution in [0.25, 0.3) is 0 Å². The van der Waals surface area contributed by atoms with E-state index < -0.39 is 11.0 Å². The molecule has 0 fully saturated rings. The highest BCUT2D eigenvalue weighted by Gasteiger charge is 2.61. The summed E-state index contributed by atoms with van der Waals surface area (Å²) in [7, 11) is 4.99. The molecule has 0 amide bonds. The molecule has 4 aromatic carbocycles. The Labute approximate surface area is 212 Å². The van der Waals surface area contributed by atoms with Crippen molar-refractivity contribution in [2.75, 3.05) is 21.3 Å². The largest absolute Gasteiger partial charge is 0.496 e. The van der Waals surface area contributed by atoms with Gasteiger partial charge in [-0.15, -0.1) is 0 Å². The Morgan fingerprint density at radius 2 is 1.03 bits per heavy atom. The van der Waals surface area contributed by atoms with Crippen LogP contribution in [-0.4, -0.2) is 26.4 Å². The minimum atomic E-state index is -1.48. The van der Waals surface area contributed by atoms with E-state index in [2.05, 4.69) is 48.5 Å². The van der Waals surface area contributed by atoms with Gasteiger partial charge in [0.1, 0.15) is 17.2 Å². The predicted octanol–water partition coefficient (Wildman–Crippen LogP) is 5.98. The maximum Gasteiger partial charge on any atom is 0.152 e. The zero-order chi connectivity index (χ0) is 24.9. The van der Waals surface area contributed by atoms with Gasteiger partial charge in [0.05, 0.1) is 21.3 Å². The van der Waals surface area contributed by atoms with Gasteiger partial charge in [0.25, 0.3) is 0 Å². The topological polar surface area (TPSA) is 47.9 Å². The average molecular weight is 479 g/mol. The Kier molecular flexibility index (Phi) is 5.31. The Balaban J connectivity index is 1.68. The number of ether oxygens (including phenoxy) is 3. The second kappa shape index (κ2) is 8.42. The van der Waals surface area contributed by atoms with Crippen molar-refractivity contribution in [1.29, 1.82) is 0 Å². The molecule has 1 N–H and O–H groups in total. The maximum absolute atomic E-state index is 12.9. The summed E-state index contributed by atoms with van der Waals surface area (Å²) in [6.45, 7) is 0. The second-order valence-electron chi connectivity index (χ2n) is 9.60. The minimum Gasteiger partial charge on any atom is -0.496 e. The molecule has 0 spiro atoms. The first kappa shape index (κ1) is 22.7. The molecule has 3 aliphatic carbocycles. The van der Waals surface area contributed by atoms with Gasteiger partial charge in [0, 0.05) is 22.1 Å². The van der Waals surface area contributed by atoms with E-state index in [9.17, 15) is 5.11 Å². The first-order valence-electron chi connectivity index (χ1n) is 12.4. The molecular weight excluding hydrogens is 448 g/mol. The normalized spacial score (nSPS) is 20.8. The number of hydrogen-bond donors (Lipinski definition) is 1. The van der Waals surface area contributed by atoms with Crippen LogP contribution < -0.4 is 14.2 Å². The van der Waals surface area contributed by atoms with Crippen LogP contribution in [0.1, 0.15) is 51.8 Å². The molecule has 0 aliphatic heterocycles. The third-order valence-electron chi connectivity index (χ3n) is 8.06. The Bertz CT molecular complexity index is 1300. The van der Waals surface area contributed by atoms with Gasteiger partial charge in [-0.2, -0.15) is 0 Å². The van der Waals surface area contributed by atoms with Crippen molar-refractivity contribution in [3.63, 3.8) is 0 Å². The van der Waals surface area contributed by atoms with Crippen LogP contribution in [-0.2, 0) is 17.4 Å². The standard InChI is InChI=1S/C32H30O4/c1-34-25-17-7-14-22-28(25)32(33)29-23(15-8-18-26(29)35-2)31(22,20-10-13-21-11-5-4-6-12-21)24-16-9-19-27(36-3)30(24)32/h4-9,11-12,14-19,33H,10,13,20H2,1-3H3. The molecule has 0 heterocycles. The fraction of sp³-hybridized carbons (Fsp3) is 0.250. The van der Waals surface area contributed by atoms with Gasteiger partial charge < -0.3 is 19.3 Å². The number of methoxy groups -OCH3 is 3. The molecule has 4 heteroatoms. The zero-order valence-corrected chi connectivity index (χ0v) is 20.9. The third-order valence-corrected chi connectivity index (χ3v) is 8.06. The molecule has 0 unspecified atom stereocenters. The number of rotatable bonds is 7. The first-order chi connectivity index (χ1) is 17.6. The molecule has 3 aliphatic rings. The highest BCUT2D eigenvalue weighted by Crippen LogP contribution is 2.67. The molecule has 36 heavy (non-hydrogen) atoms. The van der Waals surface area contributed by atoms with Gasteiger partial charge in [-0.1, -0.05) is 66.7 Å². The lowest BCUT2D eigenvalue weighted by Gasteiger charge is -2.55. The van der Waals surface area contributed by atoms with Gasteiger partial charge in [-0.25, -0.2) is 0 Å². The molecule has 2 bridgehead atoms. The summed E-state index contributed by atoms with van der Waals surface area (Å²) in [4.78, 5) is 0. The van der Waals surface area contributed by atoms with Crippen molar-refractivity contribution in [1.82, 2.24) is 0 Å². The Morgan fingerprint density at radius 1 is 0.583 bits per heavy atom. The van der Waals surface area contributed by atoms with Crippen LogP contribution in [0.4, 0.5) is 0 Å². The van der Waals surface area contributed by atoms with Crippen LogP contribution in [0.15, 0.2) is 84.9 Å². The number of benzene rings is 4. The minimum absolute atomic E-state index is 0.489. The summed E-state index contributed by atoms with van der Waals surface area (Å²) in [6.07, 6.45) is 2.79. The van der Waals surface area contributed by atoms with Crippen LogP contribution >= 0.6 is 0 Å². The third kappa shape index (κ3) is 2.85. The highest BCUT2D eigenvalue weighted by molar-refractivity contribution is 5.79. The van der Waals surface area contributed by atoms with E-state index in [1.165, 1.54) is 5.56 Å². The van der Waals surface area contributed by atoms with E-state index in [0.29, 0.717) is 17.2 Å². The summed E-state index contributed by atoms with van der Waals surface area (Å²) >= 11 is 0. The van der Waals surface area contributed by atoms with E-state index in [1.54, 1.807) is 21.3 Å². The van der Waals surface area contributed by atoms with Crippen molar-refractivity contribution in [2.24, 2.45) is 0 Å². The van der Waals surface area contributed by atoms with Crippen molar-refractivity contribution >= 4 is 0 Å². The molecular formula is C32H30O4. The molecule has 4 aromatic rings. The van der Waals surface area contributed by atoms with E-state index >= 15 is 0 Å². The number of aliphatic hydroxyl groups is 1. The smallest absolute Gasteiger partial charge is 0.152 e. The van der Waals surface area contributed by atoms with Gasteiger partial charge >= 0.3 is 0 Å². The Hall–Kier alpha value is -3.76. The van der Waals surface area contributed by atoms with Crippen molar-refractivity contribution in [3.05, 3.63) is 124 Å². The molecule has 0 saturated heterocycles. The number of aryl methyl sites for hydroxylation is 1. The quantitative estimate of drug-likeness (QED) is 0.355. The lowest BCUT2D eigenvalue weighted by Crippen LogP contribution is -2.51. The average Bonchev–Trinajstić information content (AvgIpc) is 2.94. The SMILES string of the molecule is COc1cccc2c1C1(O)c3c(OC)cccc3C2(CCCc2ccccc2)c2cccc(OC)c21. The highest BCUT2D eigenvalue weighted by atomic mass is 16.5. The predicted molar refractivity (Wildman–Crippen MR) is 140 cm³/mol. The van der Waals surface area contributed by atoms with Crippen LogP contribution in [0.5, 0.6) is 17.2 Å². The molecule has 0 aromatic heterocycles. The van der Waals surface area contributed by atoms with Crippen LogP contribution in [0.3, 0.4) is 0 Å². The fourth-order valence-electron chi connectivity index (χ4n) is 6.71. The molecule has 0 saturated carbocycles. The van der Waals surface area contributed by atoms with Crippen molar-refractivity contribution in [3.8, 4) is 17.2 Å². The summed E-state index contributed by atoms with van der Waals surface area (Å²) in [5.41, 5.74) is 4.93. The summed E-state index contributed by atoms with van der Waals surface area (Å²) in [5, 5.41) is 12.9. The maximum atomic E-state index is 12.9. The Morgan fingerprint density at radius 3 is 1.44 bits per heavy atom. The van der Waals surface area contributed by atoms with Crippen LogP contribution in [0.2, 0.25) is 0 Å². The fourth-order valence-corrected chi connectivity index (χ4v) is 6.71. The van der Waals surface area contributed by atoms with Gasteiger partial charge in [0.2, 0.25) is 0 Å². The lowest BCUT2D eigenvalue weighted by molar-refractivity contribution is 0.0948. The van der Waals surface area contributed by atoms with Crippen molar-refractivity contribution < 1.29 is 19.3 Å². The zero-order valence-electron chi connectivity index (χ0n) is 20.9. The van der Waals surface area contributed by atoms with Gasteiger partial charge in [-0.05, 0) is 59.7 Å². The number of hydrogen-bond acceptors (Lipinski definition) is 4. The van der Waals surface area contributed by atoms with Gasteiger partial charge in [0.15, 0.2) is 5.60 Å². The first-order valence-corrected chi connectivity index (χ1v) is 12.4. The monoisotopic (exact) mass is 478 g/mol. The molecule has 7 rings (SSSR count). The van der Waals surface area contributed by atoms with E-state index in [-0.39, 0.29) is 0 Å². The van der Waals surface area contributed by atoms with E-state index in [4.69, 9.17) is 14.2 Å².